The van der Waals surface area contributed by atoms with Crippen LogP contribution in [0.1, 0.15) is 58.4 Å². The first kappa shape index (κ1) is 146. The van der Waals surface area contributed by atoms with Gasteiger partial charge in [-0.05, 0) is 26.8 Å². The van der Waals surface area contributed by atoms with Crippen molar-refractivity contribution in [3.8, 4) is 17.9 Å². The van der Waals surface area contributed by atoms with Crippen LogP contribution in [0.25, 0.3) is 0 Å². The first-order valence-corrected chi connectivity index (χ1v) is 164. The summed E-state index contributed by atoms with van der Waals surface area (Å²) < 4.78 is 0. The largest absolute Gasteiger partial charge is 0.259 e. The molecule has 0 aliphatic rings. The van der Waals surface area contributed by atoms with Crippen LogP contribution in [0.3, 0.4) is 0 Å². The van der Waals surface area contributed by atoms with Crippen molar-refractivity contribution in [1.29, 1.82) is 5.26 Å². The highest BCUT2D eigenvalue weighted by Crippen LogP contribution is 2.22. The van der Waals surface area contributed by atoms with Crippen LogP contribution in [-0.2, 0) is 951 Å². The van der Waals surface area contributed by atoms with Gasteiger partial charge in [0.15, 0.2) is 0 Å². The highest BCUT2D eigenvalue weighted by molar-refractivity contribution is 8.88. The van der Waals surface area contributed by atoms with E-state index in [0.29, 0.717) is 5.56 Å². The fraction of sp³-hybridized carbons (Fsp3) is 0.500. The van der Waals surface area contributed by atoms with Crippen molar-refractivity contribution in [2.75, 3.05) is 0 Å². The number of hydrogen-bond donors (Lipinski definition) is 0. The number of pyridine rings is 1. The summed E-state index contributed by atoms with van der Waals surface area (Å²) in [5.74, 6) is 6.27. The third-order valence-corrected chi connectivity index (χ3v) is 234. The molecule has 0 bridgehead atoms. The Hall–Kier alpha value is 21.5. The van der Waals surface area contributed by atoms with Crippen molar-refractivity contribution < 1.29 is 0 Å². The lowest BCUT2D eigenvalue weighted by atomic mass is 9.90. The minimum absolute atomic E-state index is 0.0356. The van der Waals surface area contributed by atoms with Gasteiger partial charge in [0.05, 0.1) is 5.56 Å². The standard InChI is InChI=1S/C16H20N2.S106/c1-15(2,3)8-7-12-9-14(16(4,5)6)18-11-13(12)10-17;1-3-5-7-9-11-13-15-17-19-21-23-25-27-29-31-33-35-37-39-41-43-45-47-49-51-53-55-57-59-61-63-65-67-69-71-73-75-77-79-81-83-85-87-89-91-93-95-97-99-101-103-105-106-104-102-100-98-96-94-92-90-88-86-84-82-80-78-76-74-72-70-68-66-64-62-60-58-56-54-52-50-48-46-44-42-40-38-36-34-32-30-28-26-24-22-20-18-16-14-12-10-8-6-4-2/h9,11H,1-6H3;. The average molecular weight is 3640 g/mol. The van der Waals surface area contributed by atoms with E-state index in [4.69, 9.17) is 27.6 Å². The van der Waals surface area contributed by atoms with E-state index in [-0.39, 0.29) is 10.8 Å². The van der Waals surface area contributed by atoms with Crippen molar-refractivity contribution in [2.24, 2.45) is 5.41 Å². The number of aromatic nitrogens is 1. The molecule has 0 aromatic carbocycles. The molecule has 1 aromatic rings. The van der Waals surface area contributed by atoms with Gasteiger partial charge in [-0.1, -0.05) is 32.6 Å². The van der Waals surface area contributed by atoms with Gasteiger partial charge in [-0.2, -0.15) is 5.26 Å². The first-order chi connectivity index (χ1) is 61.0. The maximum Gasteiger partial charge on any atom is 0.102 e. The minimum atomic E-state index is -0.0715. The van der Waals surface area contributed by atoms with E-state index in [1.807, 2.05) is 805 Å². The fourth-order valence-electron chi connectivity index (χ4n) is 2.47. The zero-order valence-electron chi connectivity index (χ0n) is 55.3. The summed E-state index contributed by atoms with van der Waals surface area (Å²) >= 11 is 9.66. The van der Waals surface area contributed by atoms with E-state index in [1.165, 1.54) is 17.8 Å². The summed E-state index contributed by atoms with van der Waals surface area (Å²) in [6, 6.07) is 4.07. The van der Waals surface area contributed by atoms with Crippen molar-refractivity contribution in [3.05, 3.63) is 29.1 Å². The third kappa shape index (κ3) is 127. The van der Waals surface area contributed by atoms with Crippen molar-refractivity contribution in [2.45, 2.75) is 47.0 Å². The van der Waals surface area contributed by atoms with E-state index in [1.54, 1.807) is 113 Å². The Kier molecular flexibility index (Phi) is 150. The van der Waals surface area contributed by atoms with Crippen molar-refractivity contribution in [3.63, 3.8) is 0 Å². The molecule has 0 aliphatic carbocycles. The van der Waals surface area contributed by atoms with Crippen LogP contribution in [0.15, 0.2) is 12.3 Å². The van der Waals surface area contributed by atoms with Crippen LogP contribution in [0.5, 0.6) is 0 Å². The second-order valence-electron chi connectivity index (χ2n) is 13.6. The lowest BCUT2D eigenvalue weighted by Crippen LogP contribution is -2.14. The predicted octanol–water partition coefficient (Wildman–Crippen LogP) is 3.39. The summed E-state index contributed by atoms with van der Waals surface area (Å²) in [6.07, 6.45) is 1.62. The molecule has 1 rings (SSSR count). The van der Waals surface area contributed by atoms with Gasteiger partial charge < -0.3 is 0 Å². The van der Waals surface area contributed by atoms with Crippen LogP contribution in [0.2, 0.25) is 0 Å². The highest BCUT2D eigenvalue weighted by atomic mass is 33.6. The zero-order valence-corrected chi connectivity index (χ0v) is 142. The Bertz CT molecular complexity index is 9110. The maximum absolute atomic E-state index is 9.08. The van der Waals surface area contributed by atoms with Gasteiger partial charge >= 0.3 is 0 Å². The van der Waals surface area contributed by atoms with Crippen LogP contribution in [-0.4, -0.2) is 4.98 Å². The van der Waals surface area contributed by atoms with E-state index >= 15 is 0 Å². The Balaban J connectivity index is 0.00000738. The Morgan fingerprint density at radius 3 is 0.395 bits per heavy atom. The van der Waals surface area contributed by atoms with Gasteiger partial charge in [-0.15, -0.1) is 0 Å². The summed E-state index contributed by atoms with van der Waals surface area (Å²) in [4.78, 5) is 4.34. The molecule has 124 heavy (non-hydrogen) atoms. The van der Waals surface area contributed by atoms with Crippen LogP contribution >= 0.6 is 0 Å². The maximum atomic E-state index is 9.08. The second-order valence-corrected chi connectivity index (χ2v) is 198. The molecule has 0 N–H and O–H groups in total. The van der Waals surface area contributed by atoms with Gasteiger partial charge in [-0.25, -0.2) is 0 Å². The zero-order chi connectivity index (χ0) is 89.5. The minimum Gasteiger partial charge on any atom is -0.259 e. The van der Waals surface area contributed by atoms with Gasteiger partial charge in [0.1, 0.15) is 6.07 Å². The molecule has 0 fully saturated rings. The Labute approximate surface area is 1020 Å². The first-order valence-electron chi connectivity index (χ1n) is 23.6. The molecule has 1 aromatic heterocycles. The SMILES string of the molecule is CC(C)(C)C#Cc1cc(C(C)(C)C)ncc1C#N.S=S=S=S=S=S=S=S=S=S=S=S=S=S=S=S=S=S=S=S=S=S=S=S=S=S=S=S=S=S=S=S=S=S=S=S=S=S=S=S=S=S=S=S=S=S=S=S=S=S=S=S=S=S=S=S=S=S=S=S=S=S=S=S=S=S=S=S=S=S=S=S=S=S=S=S=S=S=S=S=S=S=S=S=S=S=S=S=S=S=S=S=S=S=S=S=S=S=S=S=S=S=S=S=S=S. The Morgan fingerprint density at radius 2 is 0.306 bits per heavy atom. The molecular weight excluding hydrogens is 3620 g/mol. The second kappa shape index (κ2) is 128. The fourth-order valence-corrected chi connectivity index (χ4v) is 282. The molecule has 0 amide bonds. The van der Waals surface area contributed by atoms with E-state index in [0.717, 1.165) is 11.3 Å². The molecule has 1 heterocycles. The van der Waals surface area contributed by atoms with Gasteiger partial charge in [0.25, 0.3) is 0 Å². The van der Waals surface area contributed by atoms with Crippen molar-refractivity contribution >= 4 is 946 Å². The molecule has 108 heteroatoms. The number of nitrogens with zero attached hydrogens (tertiary/aromatic N) is 2. The number of hydrogen-bond acceptors (Lipinski definition) is 4. The predicted molar refractivity (Wildman–Crippen MR) is 855 cm³/mol. The monoisotopic (exact) mass is 3630 g/mol. The molecule has 0 spiro atoms. The van der Waals surface area contributed by atoms with Crippen LogP contribution in [0, 0.1) is 28.6 Å². The molecule has 2 nitrogen and oxygen atoms in total. The Morgan fingerprint density at radius 1 is 0.194 bits per heavy atom. The summed E-state index contributed by atoms with van der Waals surface area (Å²) in [5, 5.41) is 9.08. The van der Waals surface area contributed by atoms with Gasteiger partial charge in [0.2, 0.25) is 0 Å². The molecular formula is C16H20N2S106. The highest BCUT2D eigenvalue weighted by Gasteiger charge is 2.17. The molecule has 0 saturated carbocycles. The molecule has 0 aliphatic heterocycles. The normalized spacial score (nSPS) is 8.40. The third-order valence-electron chi connectivity index (χ3n) is 5.23. The molecule has 0 radical (unpaired) electrons. The lowest BCUT2D eigenvalue weighted by Gasteiger charge is -2.18. The molecule has 0 saturated heterocycles. The summed E-state index contributed by atoms with van der Waals surface area (Å²) in [6.45, 7) is 12.5. The molecule has 0 unspecified atom stereocenters. The topological polar surface area (TPSA) is 36.7 Å². The van der Waals surface area contributed by atoms with E-state index in [9.17, 15) is 0 Å². The summed E-state index contributed by atoms with van der Waals surface area (Å²) in [5.41, 5.74) is 2.16. The van der Waals surface area contributed by atoms with Crippen LogP contribution < -0.4 is 0 Å². The smallest absolute Gasteiger partial charge is 0.102 e. The average Bonchev–Trinajstić information content (AvgIpc) is 0.828. The van der Waals surface area contributed by atoms with E-state index < -0.39 is 0 Å². The van der Waals surface area contributed by atoms with Gasteiger partial charge in [0, 0.05) is 974 Å². The molecule has 0 atom stereocenters. The quantitative estimate of drug-likeness (QED) is 0.374. The lowest BCUT2D eigenvalue weighted by molar-refractivity contribution is 0.568. The van der Waals surface area contributed by atoms with Gasteiger partial charge in [-0.3, -0.25) is 4.98 Å². The van der Waals surface area contributed by atoms with E-state index in [2.05, 4.69) is 64.4 Å². The van der Waals surface area contributed by atoms with Crippen LogP contribution in [0.4, 0.5) is 0 Å². The number of rotatable bonds is 0. The van der Waals surface area contributed by atoms with Crippen molar-refractivity contribution in [1.82, 2.24) is 4.98 Å². The molecule has 730 valence electrons. The number of nitriles is 1. The summed E-state index contributed by atoms with van der Waals surface area (Å²) in [7, 11) is 188.